The predicted molar refractivity (Wildman–Crippen MR) is 74.6 cm³/mol. The highest BCUT2D eigenvalue weighted by atomic mass is 16.3. The summed E-state index contributed by atoms with van der Waals surface area (Å²) in [5.74, 6) is -1.24. The van der Waals surface area contributed by atoms with Crippen LogP contribution in [0.5, 0.6) is 0 Å². The molecule has 0 aliphatic carbocycles. The first kappa shape index (κ1) is 18.0. The van der Waals surface area contributed by atoms with E-state index < -0.39 is 24.3 Å². The van der Waals surface area contributed by atoms with Gasteiger partial charge in [-0.25, -0.2) is 0 Å². The lowest BCUT2D eigenvalue weighted by molar-refractivity contribution is 0.0689. The van der Waals surface area contributed by atoms with Gasteiger partial charge in [0, 0.05) is 32.3 Å². The Morgan fingerprint density at radius 2 is 1.55 bits per heavy atom. The van der Waals surface area contributed by atoms with E-state index in [1.807, 2.05) is 0 Å². The number of hydrogen-bond donors (Lipinski definition) is 6. The summed E-state index contributed by atoms with van der Waals surface area (Å²) in [4.78, 5) is 27.2. The molecule has 9 nitrogen and oxygen atoms in total. The molecule has 0 saturated carbocycles. The van der Waals surface area contributed by atoms with Crippen LogP contribution in [0.15, 0.2) is 18.3 Å². The van der Waals surface area contributed by atoms with Crippen molar-refractivity contribution in [3.05, 3.63) is 29.6 Å². The minimum Gasteiger partial charge on any atom is -0.396 e. The second-order valence-corrected chi connectivity index (χ2v) is 4.44. The lowest BCUT2D eigenvalue weighted by atomic mass is 10.2. The highest BCUT2D eigenvalue weighted by Gasteiger charge is 2.14. The topological polar surface area (TPSA) is 152 Å². The van der Waals surface area contributed by atoms with Gasteiger partial charge in [-0.2, -0.15) is 0 Å². The van der Waals surface area contributed by atoms with Crippen molar-refractivity contribution in [2.24, 2.45) is 0 Å². The number of carbonyl (C=O) groups is 2. The molecule has 0 fully saturated rings. The number of amides is 2. The third-order valence-electron chi connectivity index (χ3n) is 2.66. The fourth-order valence-electron chi connectivity index (χ4n) is 1.51. The lowest BCUT2D eigenvalue weighted by Gasteiger charge is -2.12. The summed E-state index contributed by atoms with van der Waals surface area (Å²) < 4.78 is 0. The highest BCUT2D eigenvalue weighted by Crippen LogP contribution is 2.02. The summed E-state index contributed by atoms with van der Waals surface area (Å²) in [5.41, 5.74) is 0.119. The van der Waals surface area contributed by atoms with Crippen LogP contribution in [0.4, 0.5) is 0 Å². The molecule has 2 amide bonds. The van der Waals surface area contributed by atoms with Gasteiger partial charge in [-0.05, 0) is 12.1 Å². The Morgan fingerprint density at radius 1 is 1.00 bits per heavy atom. The Kier molecular flexibility index (Phi) is 7.40. The standard InChI is InChI=1S/C13H19N3O6/c17-5-3-10(19)15-12(21)8-1-2-9(14-7-8)13(22)16-11(20)4-6-18/h1-2,7,10-11,17-20H,3-6H2,(H,15,21)(H,16,22). The van der Waals surface area contributed by atoms with Crippen molar-refractivity contribution in [1.29, 1.82) is 0 Å². The summed E-state index contributed by atoms with van der Waals surface area (Å²) >= 11 is 0. The van der Waals surface area contributed by atoms with Crippen LogP contribution in [0.3, 0.4) is 0 Å². The van der Waals surface area contributed by atoms with E-state index in [1.165, 1.54) is 12.1 Å². The highest BCUT2D eigenvalue weighted by molar-refractivity contribution is 5.96. The van der Waals surface area contributed by atoms with Crippen LogP contribution in [0.2, 0.25) is 0 Å². The van der Waals surface area contributed by atoms with E-state index in [0.29, 0.717) is 0 Å². The van der Waals surface area contributed by atoms with Crippen molar-refractivity contribution < 1.29 is 30.0 Å². The number of nitrogens with one attached hydrogen (secondary N) is 2. The zero-order chi connectivity index (χ0) is 16.5. The Bertz CT molecular complexity index is 448. The van der Waals surface area contributed by atoms with E-state index in [2.05, 4.69) is 15.6 Å². The second-order valence-electron chi connectivity index (χ2n) is 4.44. The molecule has 22 heavy (non-hydrogen) atoms. The molecule has 2 unspecified atom stereocenters. The summed E-state index contributed by atoms with van der Waals surface area (Å²) in [6.45, 7) is -0.543. The monoisotopic (exact) mass is 313 g/mol. The minimum absolute atomic E-state index is 0.00238. The van der Waals surface area contributed by atoms with E-state index in [0.717, 1.165) is 6.20 Å². The molecular formula is C13H19N3O6. The first-order valence-corrected chi connectivity index (χ1v) is 6.63. The van der Waals surface area contributed by atoms with Crippen molar-refractivity contribution in [2.75, 3.05) is 13.2 Å². The summed E-state index contributed by atoms with van der Waals surface area (Å²) in [6.07, 6.45) is -1.21. The maximum absolute atomic E-state index is 11.7. The first-order valence-electron chi connectivity index (χ1n) is 6.63. The molecule has 0 aromatic carbocycles. The van der Waals surface area contributed by atoms with Crippen LogP contribution in [0.25, 0.3) is 0 Å². The fraction of sp³-hybridized carbons (Fsp3) is 0.462. The number of rotatable bonds is 8. The SMILES string of the molecule is O=C(NC(O)CCO)c1ccc(C(=O)NC(O)CCO)nc1. The summed E-state index contributed by atoms with van der Waals surface area (Å²) in [6, 6.07) is 2.62. The molecule has 1 heterocycles. The van der Waals surface area contributed by atoms with E-state index >= 15 is 0 Å². The molecule has 2 atom stereocenters. The van der Waals surface area contributed by atoms with Gasteiger partial charge in [0.25, 0.3) is 11.8 Å². The van der Waals surface area contributed by atoms with Crippen LogP contribution in [-0.2, 0) is 0 Å². The molecular weight excluding hydrogens is 294 g/mol. The van der Waals surface area contributed by atoms with Crippen molar-refractivity contribution in [1.82, 2.24) is 15.6 Å². The van der Waals surface area contributed by atoms with Gasteiger partial charge in [-0.1, -0.05) is 0 Å². The molecule has 0 radical (unpaired) electrons. The van der Waals surface area contributed by atoms with Gasteiger partial charge in [-0.3, -0.25) is 14.6 Å². The molecule has 122 valence electrons. The number of aliphatic hydroxyl groups is 4. The average molecular weight is 313 g/mol. The van der Waals surface area contributed by atoms with Crippen LogP contribution < -0.4 is 10.6 Å². The molecule has 6 N–H and O–H groups in total. The minimum atomic E-state index is -1.18. The number of hydrogen-bond acceptors (Lipinski definition) is 7. The molecule has 1 aromatic heterocycles. The van der Waals surface area contributed by atoms with Crippen molar-refractivity contribution in [3.63, 3.8) is 0 Å². The van der Waals surface area contributed by atoms with E-state index in [-0.39, 0.29) is 37.3 Å². The van der Waals surface area contributed by atoms with Gasteiger partial charge in [0.1, 0.15) is 18.1 Å². The predicted octanol–water partition coefficient (Wildman–Crippen LogP) is -2.06. The number of aromatic nitrogens is 1. The molecule has 0 saturated heterocycles. The fourth-order valence-corrected chi connectivity index (χ4v) is 1.51. The molecule has 0 aliphatic rings. The molecule has 0 aliphatic heterocycles. The summed E-state index contributed by atoms with van der Waals surface area (Å²) in [5, 5.41) is 40.4. The van der Waals surface area contributed by atoms with Crippen molar-refractivity contribution >= 4 is 11.8 Å². The first-order chi connectivity index (χ1) is 10.5. The largest absolute Gasteiger partial charge is 0.396 e. The summed E-state index contributed by atoms with van der Waals surface area (Å²) in [7, 11) is 0. The van der Waals surface area contributed by atoms with E-state index in [1.54, 1.807) is 0 Å². The van der Waals surface area contributed by atoms with Gasteiger partial charge in [0.2, 0.25) is 0 Å². The molecule has 0 bridgehead atoms. The van der Waals surface area contributed by atoms with E-state index in [9.17, 15) is 19.8 Å². The Labute approximate surface area is 126 Å². The maximum Gasteiger partial charge on any atom is 0.271 e. The van der Waals surface area contributed by atoms with E-state index in [4.69, 9.17) is 10.2 Å². The molecule has 1 aromatic rings. The quantitative estimate of drug-likeness (QED) is 0.302. The van der Waals surface area contributed by atoms with Crippen LogP contribution >= 0.6 is 0 Å². The van der Waals surface area contributed by atoms with Crippen molar-refractivity contribution in [2.45, 2.75) is 25.3 Å². The molecule has 1 rings (SSSR count). The second kappa shape index (κ2) is 9.05. The van der Waals surface area contributed by atoms with Crippen LogP contribution in [0, 0.1) is 0 Å². The average Bonchev–Trinajstić information content (AvgIpc) is 2.47. The molecule has 9 heteroatoms. The van der Waals surface area contributed by atoms with Gasteiger partial charge in [0.15, 0.2) is 0 Å². The molecule has 0 spiro atoms. The number of carbonyl (C=O) groups excluding carboxylic acids is 2. The Hall–Kier alpha value is -2.07. The Morgan fingerprint density at radius 3 is 2.00 bits per heavy atom. The lowest BCUT2D eigenvalue weighted by Crippen LogP contribution is -2.36. The zero-order valence-corrected chi connectivity index (χ0v) is 11.8. The zero-order valence-electron chi connectivity index (χ0n) is 11.8. The van der Waals surface area contributed by atoms with Crippen molar-refractivity contribution in [3.8, 4) is 0 Å². The van der Waals surface area contributed by atoms with Crippen LogP contribution in [0.1, 0.15) is 33.7 Å². The maximum atomic E-state index is 11.7. The third kappa shape index (κ3) is 5.74. The van der Waals surface area contributed by atoms with Gasteiger partial charge < -0.3 is 31.1 Å². The van der Waals surface area contributed by atoms with Crippen LogP contribution in [-0.4, -0.2) is 62.9 Å². The smallest absolute Gasteiger partial charge is 0.271 e. The van der Waals surface area contributed by atoms with Gasteiger partial charge in [-0.15, -0.1) is 0 Å². The number of pyridine rings is 1. The normalized spacial score (nSPS) is 13.3. The van der Waals surface area contributed by atoms with Gasteiger partial charge in [0.05, 0.1) is 5.56 Å². The third-order valence-corrected chi connectivity index (χ3v) is 2.66. The Balaban J connectivity index is 2.62. The number of aliphatic hydroxyl groups excluding tert-OH is 4. The number of nitrogens with zero attached hydrogens (tertiary/aromatic N) is 1. The van der Waals surface area contributed by atoms with Gasteiger partial charge >= 0.3 is 0 Å².